The van der Waals surface area contributed by atoms with Gasteiger partial charge in [-0.15, -0.1) is 0 Å². The molecule has 7 rings (SSSR count). The second-order valence-electron chi connectivity index (χ2n) is 21.8. The minimum atomic E-state index is -2.65. The van der Waals surface area contributed by atoms with Gasteiger partial charge in [-0.3, -0.25) is 9.59 Å². The van der Waals surface area contributed by atoms with Gasteiger partial charge in [0, 0.05) is 25.2 Å². The Hall–Kier alpha value is -5.09. The van der Waals surface area contributed by atoms with Gasteiger partial charge in [0.1, 0.15) is 48.8 Å². The lowest BCUT2D eigenvalue weighted by Crippen LogP contribution is -2.82. The maximum absolute atomic E-state index is 16.5. The Balaban J connectivity index is 1.48. The lowest BCUT2D eigenvalue weighted by atomic mass is 9.44. The van der Waals surface area contributed by atoms with Crippen molar-refractivity contribution >= 4 is 112 Å². The molecule has 4 aliphatic rings. The fraction of sp³-hybridized carbons (Fsp3) is 0.518. The number of alkyl carbamates (subject to hydrolysis) is 1. The van der Waals surface area contributed by atoms with Gasteiger partial charge in [-0.2, -0.15) is 0 Å². The normalized spacial score (nSPS) is 27.6. The van der Waals surface area contributed by atoms with Crippen molar-refractivity contribution in [3.05, 3.63) is 119 Å². The van der Waals surface area contributed by atoms with Crippen LogP contribution in [0, 0.1) is 16.7 Å². The van der Waals surface area contributed by atoms with Gasteiger partial charge in [0.2, 0.25) is 7.59 Å². The highest BCUT2D eigenvalue weighted by Gasteiger charge is 2.79. The molecule has 4 unspecified atom stereocenters. The summed E-state index contributed by atoms with van der Waals surface area (Å²) in [6, 6.07) is 23.4. The highest BCUT2D eigenvalue weighted by atomic mass is 35.6. The van der Waals surface area contributed by atoms with E-state index in [0.717, 1.165) is 6.92 Å². The molecule has 11 atom stereocenters. The van der Waals surface area contributed by atoms with E-state index >= 15 is 9.59 Å². The van der Waals surface area contributed by atoms with Gasteiger partial charge in [-0.25, -0.2) is 24.0 Å². The zero-order chi connectivity index (χ0) is 59.7. The second kappa shape index (κ2) is 24.6. The fourth-order valence-corrected chi connectivity index (χ4v) is 11.6. The number of carbonyl (C=O) groups is 7. The number of benzene rings is 3. The standard InChI is InChI=1S/C56H61Cl6NO18/c1-30-35(76-46(67)41(72-26-32-18-12-9-13-19-32)39(33-20-14-10-15-21-33)63-47(68)81-50(3,4)5)25-54(71)44(79-45(66)34-22-16-11-17-23-34)42-52(8,43(65)40(38(30)51(54,6)7)78-49(70)75-29-56(60,61)62)36(77-48(69)74-28-55(57,58)59)24-37-53(42,27-73-37)80-31(2)64/h9-23,35-37,39-42,44,71H,24-29H2,1-8H3,(H,63,68)/t35?,36-,37?,39+,40?,41+,42-,44-,52+,53?,54+/m0/s1. The molecular weight excluding hydrogens is 1190 g/mol. The van der Waals surface area contributed by atoms with Gasteiger partial charge in [-0.1, -0.05) is 162 Å². The maximum Gasteiger partial charge on any atom is 0.509 e. The first kappa shape index (κ1) is 63.5. The molecule has 440 valence electrons. The van der Waals surface area contributed by atoms with Crippen molar-refractivity contribution in [2.24, 2.45) is 16.7 Å². The van der Waals surface area contributed by atoms with Crippen LogP contribution in [0.15, 0.2) is 102 Å². The average Bonchev–Trinajstić information content (AvgIpc) is 2.08. The molecule has 1 saturated heterocycles. The third kappa shape index (κ3) is 14.1. The summed E-state index contributed by atoms with van der Waals surface area (Å²) in [5, 5.41) is 17.1. The Morgan fingerprint density at radius 2 is 1.33 bits per heavy atom. The smallest absolute Gasteiger partial charge is 0.456 e. The van der Waals surface area contributed by atoms with E-state index in [2.05, 4.69) is 5.32 Å². The predicted octanol–water partition coefficient (Wildman–Crippen LogP) is 10.5. The molecule has 3 aromatic rings. The lowest BCUT2D eigenvalue weighted by molar-refractivity contribution is -0.346. The maximum atomic E-state index is 16.5. The van der Waals surface area contributed by atoms with E-state index in [1.165, 1.54) is 39.8 Å². The van der Waals surface area contributed by atoms with Crippen LogP contribution in [-0.2, 0) is 68.4 Å². The SMILES string of the molecule is CC(=O)OC12COC1C[C@H](OC(=O)OCC(Cl)(Cl)Cl)[C@@]1(C)C(=O)C(OC(=O)OCC(Cl)(Cl)Cl)C3=C(C)C(OC(=O)[C@H](OCc4ccccc4)[C@H](NC(=O)OC(C)(C)C)c4ccccc4)C[C@@](O)([C@@H](OC(=O)c4ccccc4)[C@H]21)C3(C)C. The third-order valence-electron chi connectivity index (χ3n) is 14.9. The van der Waals surface area contributed by atoms with Gasteiger partial charge < -0.3 is 57.8 Å². The topological polar surface area (TPSA) is 244 Å². The van der Waals surface area contributed by atoms with E-state index in [-0.39, 0.29) is 23.3 Å². The summed E-state index contributed by atoms with van der Waals surface area (Å²) >= 11 is 35.7. The number of hydrogen-bond donors (Lipinski definition) is 2. The number of carbonyl (C=O) groups excluding carboxylic acids is 7. The number of Topliss-reactive ketones (excluding diaryl/α,β-unsaturated/α-hetero) is 1. The quantitative estimate of drug-likeness (QED) is 0.0622. The van der Waals surface area contributed by atoms with Gasteiger partial charge in [0.25, 0.3) is 0 Å². The van der Waals surface area contributed by atoms with Crippen LogP contribution >= 0.6 is 69.6 Å². The number of halogens is 6. The van der Waals surface area contributed by atoms with Crippen LogP contribution in [0.2, 0.25) is 0 Å². The Labute approximate surface area is 497 Å². The Bertz CT molecular complexity index is 2860. The van der Waals surface area contributed by atoms with Crippen molar-refractivity contribution in [1.82, 2.24) is 5.32 Å². The number of fused-ring (bicyclic) bond motifs is 5. The van der Waals surface area contributed by atoms with Crippen LogP contribution in [0.4, 0.5) is 14.4 Å². The van der Waals surface area contributed by atoms with E-state index in [4.69, 9.17) is 117 Å². The molecule has 3 fully saturated rings. The molecule has 2 N–H and O–H groups in total. The number of ketones is 1. The van der Waals surface area contributed by atoms with E-state index in [9.17, 15) is 29.1 Å². The molecule has 0 radical (unpaired) electrons. The molecule has 2 bridgehead atoms. The molecule has 0 aromatic heterocycles. The van der Waals surface area contributed by atoms with E-state index in [1.54, 1.807) is 99.6 Å². The summed E-state index contributed by atoms with van der Waals surface area (Å²) in [4.78, 5) is 102. The number of esters is 3. The fourth-order valence-electron chi connectivity index (χ4n) is 11.3. The molecular formula is C56H61Cl6NO18. The van der Waals surface area contributed by atoms with E-state index < -0.39 is 159 Å². The minimum absolute atomic E-state index is 0.00817. The number of amides is 1. The second-order valence-corrected chi connectivity index (χ2v) is 26.9. The summed E-state index contributed by atoms with van der Waals surface area (Å²) in [5.41, 5.74) is -9.29. The number of nitrogens with one attached hydrogen (secondary N) is 1. The molecule has 3 aromatic carbocycles. The molecule has 19 nitrogen and oxygen atoms in total. The van der Waals surface area contributed by atoms with Crippen molar-refractivity contribution in [1.29, 1.82) is 0 Å². The molecule has 1 amide bonds. The largest absolute Gasteiger partial charge is 0.509 e. The highest BCUT2D eigenvalue weighted by Crippen LogP contribution is 2.65. The van der Waals surface area contributed by atoms with Crippen LogP contribution < -0.4 is 5.32 Å². The molecule has 81 heavy (non-hydrogen) atoms. The first-order valence-corrected chi connectivity index (χ1v) is 27.7. The van der Waals surface area contributed by atoms with Crippen molar-refractivity contribution in [3.63, 3.8) is 0 Å². The molecule has 1 aliphatic heterocycles. The summed E-state index contributed by atoms with van der Waals surface area (Å²) < 4.78 is 55.5. The molecule has 1 heterocycles. The van der Waals surface area contributed by atoms with Crippen LogP contribution in [0.25, 0.3) is 0 Å². The number of aliphatic hydroxyl groups is 1. The van der Waals surface area contributed by atoms with Crippen molar-refractivity contribution in [2.75, 3.05) is 19.8 Å². The number of hydrogen-bond acceptors (Lipinski definition) is 18. The zero-order valence-electron chi connectivity index (χ0n) is 45.2. The van der Waals surface area contributed by atoms with Gasteiger partial charge in [0.15, 0.2) is 23.6 Å². The number of rotatable bonds is 15. The van der Waals surface area contributed by atoms with Crippen molar-refractivity contribution < 1.29 is 86.0 Å². The third-order valence-corrected chi connectivity index (χ3v) is 15.6. The van der Waals surface area contributed by atoms with Crippen LogP contribution in [0.3, 0.4) is 0 Å². The van der Waals surface area contributed by atoms with Crippen LogP contribution in [-0.4, -0.2) is 128 Å². The minimum Gasteiger partial charge on any atom is -0.456 e. The van der Waals surface area contributed by atoms with E-state index in [1.807, 2.05) is 0 Å². The highest BCUT2D eigenvalue weighted by molar-refractivity contribution is 6.68. The van der Waals surface area contributed by atoms with Crippen LogP contribution in [0.1, 0.15) is 95.8 Å². The number of ether oxygens (including phenoxy) is 10. The van der Waals surface area contributed by atoms with Crippen LogP contribution in [0.5, 0.6) is 0 Å². The first-order valence-electron chi connectivity index (χ1n) is 25.5. The summed E-state index contributed by atoms with van der Waals surface area (Å²) in [5.74, 6) is -6.07. The summed E-state index contributed by atoms with van der Waals surface area (Å²) in [6.45, 7) is 9.25. The van der Waals surface area contributed by atoms with Gasteiger partial charge in [0.05, 0.1) is 36.2 Å². The predicted molar refractivity (Wildman–Crippen MR) is 294 cm³/mol. The molecule has 25 heteroatoms. The number of alkyl halides is 6. The summed E-state index contributed by atoms with van der Waals surface area (Å²) in [6.07, 6.45) is -15.9. The molecule has 3 aliphatic carbocycles. The molecule has 2 saturated carbocycles. The first-order chi connectivity index (χ1) is 37.7. The van der Waals surface area contributed by atoms with Gasteiger partial charge >= 0.3 is 36.3 Å². The summed E-state index contributed by atoms with van der Waals surface area (Å²) in [7, 11) is 0. The average molecular weight is 1250 g/mol. The monoisotopic (exact) mass is 1250 g/mol. The molecule has 0 spiro atoms. The lowest BCUT2D eigenvalue weighted by Gasteiger charge is -2.67. The van der Waals surface area contributed by atoms with Crippen molar-refractivity contribution in [3.8, 4) is 0 Å². The Morgan fingerprint density at radius 1 is 0.778 bits per heavy atom. The Kier molecular flexibility index (Phi) is 19.3. The van der Waals surface area contributed by atoms with Gasteiger partial charge in [-0.05, 0) is 69.0 Å². The van der Waals surface area contributed by atoms with E-state index in [0.29, 0.717) is 11.1 Å². The zero-order valence-corrected chi connectivity index (χ0v) is 49.7. The van der Waals surface area contributed by atoms with Crippen molar-refractivity contribution in [2.45, 2.75) is 142 Å². The Morgan fingerprint density at radius 3 is 1.86 bits per heavy atom.